The molecule has 0 fully saturated rings. The maximum Gasteiger partial charge on any atom is 0.231 e. The highest BCUT2D eigenvalue weighted by Gasteiger charge is 2.09. The molecule has 1 aromatic carbocycles. The Kier molecular flexibility index (Phi) is 4.53. The zero-order valence-corrected chi connectivity index (χ0v) is 12.5. The molecule has 0 radical (unpaired) electrons. The highest BCUT2D eigenvalue weighted by atomic mass is 19.1. The lowest BCUT2D eigenvalue weighted by molar-refractivity contribution is 0.210. The van der Waals surface area contributed by atoms with Crippen LogP contribution in [-0.4, -0.2) is 40.2 Å². The second-order valence-corrected chi connectivity index (χ2v) is 4.68. The van der Waals surface area contributed by atoms with Crippen LogP contribution < -0.4 is 10.6 Å². The molecule has 0 saturated carbocycles. The molecule has 0 saturated heterocycles. The predicted molar refractivity (Wildman–Crippen MR) is 85.2 cm³/mol. The number of methoxy groups -OCH3 is 1. The van der Waals surface area contributed by atoms with Crippen LogP contribution in [0.5, 0.6) is 0 Å². The molecule has 0 spiro atoms. The van der Waals surface area contributed by atoms with Gasteiger partial charge >= 0.3 is 0 Å². The Bertz CT molecular complexity index is 796. The van der Waals surface area contributed by atoms with Crippen LogP contribution >= 0.6 is 0 Å². The first-order chi connectivity index (χ1) is 11.3. The van der Waals surface area contributed by atoms with Crippen molar-refractivity contribution in [2.24, 2.45) is 0 Å². The van der Waals surface area contributed by atoms with E-state index in [-0.39, 0.29) is 5.82 Å². The third-order valence-corrected chi connectivity index (χ3v) is 3.03. The summed E-state index contributed by atoms with van der Waals surface area (Å²) in [6, 6.07) is 5.94. The minimum atomic E-state index is -0.303. The molecule has 2 aromatic heterocycles. The SMILES string of the molecule is COCCNc1nc(Nc2ccc(F)cc2)nc2nccnc12. The molecule has 0 amide bonds. The van der Waals surface area contributed by atoms with E-state index < -0.39 is 0 Å². The van der Waals surface area contributed by atoms with Crippen LogP contribution in [0.1, 0.15) is 0 Å². The van der Waals surface area contributed by atoms with Gasteiger partial charge in [-0.05, 0) is 24.3 Å². The number of benzene rings is 1. The summed E-state index contributed by atoms with van der Waals surface area (Å²) in [5, 5.41) is 6.17. The van der Waals surface area contributed by atoms with E-state index in [1.165, 1.54) is 12.1 Å². The number of ether oxygens (including phenoxy) is 1. The van der Waals surface area contributed by atoms with E-state index >= 15 is 0 Å². The normalized spacial score (nSPS) is 10.7. The van der Waals surface area contributed by atoms with Gasteiger partial charge in [0.05, 0.1) is 6.61 Å². The largest absolute Gasteiger partial charge is 0.383 e. The van der Waals surface area contributed by atoms with Crippen molar-refractivity contribution < 1.29 is 9.13 Å². The number of nitrogens with one attached hydrogen (secondary N) is 2. The second kappa shape index (κ2) is 6.93. The van der Waals surface area contributed by atoms with Gasteiger partial charge in [-0.25, -0.2) is 14.4 Å². The summed E-state index contributed by atoms with van der Waals surface area (Å²) in [6.07, 6.45) is 3.15. The summed E-state index contributed by atoms with van der Waals surface area (Å²) >= 11 is 0. The van der Waals surface area contributed by atoms with Gasteiger partial charge in [-0.1, -0.05) is 0 Å². The summed E-state index contributed by atoms with van der Waals surface area (Å²) in [4.78, 5) is 17.2. The molecule has 3 rings (SSSR count). The van der Waals surface area contributed by atoms with Gasteiger partial charge in [0.2, 0.25) is 5.95 Å². The van der Waals surface area contributed by atoms with Crippen LogP contribution in [0, 0.1) is 5.82 Å². The average molecular weight is 314 g/mol. The predicted octanol–water partition coefficient (Wildman–Crippen LogP) is 2.36. The van der Waals surface area contributed by atoms with Gasteiger partial charge in [-0.2, -0.15) is 9.97 Å². The summed E-state index contributed by atoms with van der Waals surface area (Å²) in [5.41, 5.74) is 1.72. The van der Waals surface area contributed by atoms with Gasteiger partial charge in [-0.15, -0.1) is 0 Å². The number of hydrogen-bond acceptors (Lipinski definition) is 7. The summed E-state index contributed by atoms with van der Waals surface area (Å²) in [5.74, 6) is 0.608. The number of aromatic nitrogens is 4. The minimum Gasteiger partial charge on any atom is -0.383 e. The van der Waals surface area contributed by atoms with Crippen molar-refractivity contribution in [2.75, 3.05) is 30.9 Å². The van der Waals surface area contributed by atoms with Crippen molar-refractivity contribution in [1.29, 1.82) is 0 Å². The van der Waals surface area contributed by atoms with Gasteiger partial charge in [0.25, 0.3) is 0 Å². The molecule has 0 atom stereocenters. The smallest absolute Gasteiger partial charge is 0.231 e. The zero-order chi connectivity index (χ0) is 16.1. The van der Waals surface area contributed by atoms with E-state index in [2.05, 4.69) is 30.6 Å². The Balaban J connectivity index is 1.92. The fraction of sp³-hybridized carbons (Fsp3) is 0.200. The third kappa shape index (κ3) is 3.67. The lowest BCUT2D eigenvalue weighted by Gasteiger charge is -2.10. The molecular formula is C15H15FN6O. The molecule has 0 aliphatic carbocycles. The number of rotatable bonds is 6. The van der Waals surface area contributed by atoms with Crippen molar-refractivity contribution in [2.45, 2.75) is 0 Å². The van der Waals surface area contributed by atoms with Gasteiger partial charge in [0, 0.05) is 31.7 Å². The lowest BCUT2D eigenvalue weighted by Crippen LogP contribution is -2.11. The standard InChI is InChI=1S/C15H15FN6O/c1-23-9-8-19-14-12-13(18-7-6-17-12)21-15(22-14)20-11-4-2-10(16)3-5-11/h2-7H,8-9H2,1H3,(H2,18,19,20,21,22). The number of fused-ring (bicyclic) bond motifs is 1. The van der Waals surface area contributed by atoms with Gasteiger partial charge in [0.1, 0.15) is 5.82 Å². The lowest BCUT2D eigenvalue weighted by atomic mass is 10.3. The van der Waals surface area contributed by atoms with Crippen molar-refractivity contribution >= 4 is 28.6 Å². The Morgan fingerprint density at radius 3 is 2.65 bits per heavy atom. The molecule has 7 nitrogen and oxygen atoms in total. The molecule has 8 heteroatoms. The van der Waals surface area contributed by atoms with E-state index in [9.17, 15) is 4.39 Å². The van der Waals surface area contributed by atoms with E-state index in [1.807, 2.05) is 0 Å². The summed E-state index contributed by atoms with van der Waals surface area (Å²) in [7, 11) is 1.63. The van der Waals surface area contributed by atoms with Crippen LogP contribution in [0.25, 0.3) is 11.2 Å². The summed E-state index contributed by atoms with van der Waals surface area (Å²) in [6.45, 7) is 1.11. The maximum absolute atomic E-state index is 13.0. The molecule has 0 bridgehead atoms. The third-order valence-electron chi connectivity index (χ3n) is 3.03. The highest BCUT2D eigenvalue weighted by molar-refractivity contribution is 5.83. The first-order valence-electron chi connectivity index (χ1n) is 7.00. The second-order valence-electron chi connectivity index (χ2n) is 4.68. The Morgan fingerprint density at radius 2 is 1.87 bits per heavy atom. The van der Waals surface area contributed by atoms with Crippen LogP contribution in [0.4, 0.5) is 21.8 Å². The zero-order valence-electron chi connectivity index (χ0n) is 12.5. The molecule has 0 unspecified atom stereocenters. The minimum absolute atomic E-state index is 0.303. The van der Waals surface area contributed by atoms with Crippen LogP contribution in [0.2, 0.25) is 0 Å². The molecule has 2 N–H and O–H groups in total. The van der Waals surface area contributed by atoms with E-state index in [4.69, 9.17) is 4.74 Å². The molecule has 3 aromatic rings. The van der Waals surface area contributed by atoms with E-state index in [1.54, 1.807) is 31.6 Å². The number of anilines is 3. The van der Waals surface area contributed by atoms with Crippen molar-refractivity contribution in [3.63, 3.8) is 0 Å². The van der Waals surface area contributed by atoms with Crippen LogP contribution in [-0.2, 0) is 4.74 Å². The van der Waals surface area contributed by atoms with Gasteiger partial charge < -0.3 is 15.4 Å². The van der Waals surface area contributed by atoms with Crippen molar-refractivity contribution in [1.82, 2.24) is 19.9 Å². The quantitative estimate of drug-likeness (QED) is 0.676. The number of hydrogen-bond donors (Lipinski definition) is 2. The van der Waals surface area contributed by atoms with E-state index in [0.717, 1.165) is 0 Å². The molecular weight excluding hydrogens is 299 g/mol. The first kappa shape index (κ1) is 15.0. The number of halogens is 1. The molecule has 0 aliphatic rings. The molecule has 2 heterocycles. The van der Waals surface area contributed by atoms with Gasteiger partial charge in [0.15, 0.2) is 17.0 Å². The molecule has 0 aliphatic heterocycles. The summed E-state index contributed by atoms with van der Waals surface area (Å²) < 4.78 is 18.0. The average Bonchev–Trinajstić information content (AvgIpc) is 2.57. The van der Waals surface area contributed by atoms with E-state index in [0.29, 0.717) is 41.8 Å². The maximum atomic E-state index is 13.0. The first-order valence-corrected chi connectivity index (χ1v) is 7.00. The molecule has 118 valence electrons. The topological polar surface area (TPSA) is 84.9 Å². The monoisotopic (exact) mass is 314 g/mol. The number of nitrogens with zero attached hydrogens (tertiary/aromatic N) is 4. The van der Waals surface area contributed by atoms with Crippen molar-refractivity contribution in [3.05, 3.63) is 42.5 Å². The van der Waals surface area contributed by atoms with Gasteiger partial charge in [-0.3, -0.25) is 0 Å². The Labute approximate surface area is 132 Å². The fourth-order valence-electron chi connectivity index (χ4n) is 1.98. The van der Waals surface area contributed by atoms with Crippen LogP contribution in [0.15, 0.2) is 36.7 Å². The van der Waals surface area contributed by atoms with Crippen LogP contribution in [0.3, 0.4) is 0 Å². The van der Waals surface area contributed by atoms with Crippen molar-refractivity contribution in [3.8, 4) is 0 Å². The Hall–Kier alpha value is -2.87. The fourth-order valence-corrected chi connectivity index (χ4v) is 1.98. The highest BCUT2D eigenvalue weighted by Crippen LogP contribution is 2.20. The Morgan fingerprint density at radius 1 is 1.09 bits per heavy atom. The molecule has 23 heavy (non-hydrogen) atoms.